The van der Waals surface area contributed by atoms with Crippen LogP contribution in [0.1, 0.15) is 23.0 Å². The van der Waals surface area contributed by atoms with Crippen molar-refractivity contribution >= 4 is 29.3 Å². The van der Waals surface area contributed by atoms with Crippen LogP contribution in [0.15, 0.2) is 23.1 Å². The minimum Gasteiger partial charge on any atom is -0.351 e. The monoisotopic (exact) mass is 205 g/mol. The number of fused-ring (bicyclic) bond motifs is 1. The highest BCUT2D eigenvalue weighted by Gasteiger charge is 2.11. The molecule has 2 rings (SSSR count). The van der Waals surface area contributed by atoms with E-state index in [1.807, 2.05) is 25.1 Å². The van der Waals surface area contributed by atoms with E-state index < -0.39 is 0 Å². The normalized spacial score (nSPS) is 10.8. The van der Waals surface area contributed by atoms with Gasteiger partial charge in [0.05, 0.1) is 5.69 Å². The van der Waals surface area contributed by atoms with Gasteiger partial charge >= 0.3 is 0 Å². The number of aryl methyl sites for hydroxylation is 1. The van der Waals surface area contributed by atoms with E-state index in [1.54, 1.807) is 0 Å². The highest BCUT2D eigenvalue weighted by Crippen LogP contribution is 2.26. The minimum atomic E-state index is 0.0175. The largest absolute Gasteiger partial charge is 0.351 e. The first kappa shape index (κ1) is 9.34. The van der Waals surface area contributed by atoms with Crippen LogP contribution in [0.5, 0.6) is 0 Å². The number of benzene rings is 1. The Hall–Kier alpha value is -1.22. The molecule has 0 saturated heterocycles. The maximum atomic E-state index is 11.2. The molecule has 0 radical (unpaired) electrons. The fourth-order valence-corrected chi connectivity index (χ4v) is 1.94. The van der Waals surface area contributed by atoms with E-state index >= 15 is 0 Å². The molecule has 0 amide bonds. The van der Waals surface area contributed by atoms with Crippen LogP contribution in [0, 0.1) is 6.92 Å². The molecule has 2 nitrogen and oxygen atoms in total. The van der Waals surface area contributed by atoms with Crippen LogP contribution in [-0.4, -0.2) is 10.8 Å². The Kier molecular flexibility index (Phi) is 2.11. The van der Waals surface area contributed by atoms with E-state index in [-0.39, 0.29) is 5.78 Å². The number of rotatable bonds is 1. The Morgan fingerprint density at radius 2 is 2.14 bits per heavy atom. The standard InChI is InChI=1S/C11H11NOS/c1-6-3-4-9-8(5-6)11(14)10(12-9)7(2)13/h3-5,12,14H,1-2H3. The molecular formula is C11H11NOS. The summed E-state index contributed by atoms with van der Waals surface area (Å²) in [4.78, 5) is 15.1. The molecule has 0 aliphatic carbocycles. The summed E-state index contributed by atoms with van der Waals surface area (Å²) in [5.41, 5.74) is 2.72. The summed E-state index contributed by atoms with van der Waals surface area (Å²) in [6.45, 7) is 3.56. The Morgan fingerprint density at radius 1 is 1.43 bits per heavy atom. The van der Waals surface area contributed by atoms with Gasteiger partial charge in [-0.3, -0.25) is 4.79 Å². The van der Waals surface area contributed by atoms with Crippen LogP contribution in [0.4, 0.5) is 0 Å². The number of hydrogen-bond acceptors (Lipinski definition) is 2. The van der Waals surface area contributed by atoms with Crippen molar-refractivity contribution in [1.29, 1.82) is 0 Å². The lowest BCUT2D eigenvalue weighted by atomic mass is 10.2. The van der Waals surface area contributed by atoms with Gasteiger partial charge in [-0.25, -0.2) is 0 Å². The number of ketones is 1. The molecule has 0 aliphatic rings. The molecular weight excluding hydrogens is 194 g/mol. The van der Waals surface area contributed by atoms with Crippen molar-refractivity contribution in [1.82, 2.24) is 4.98 Å². The van der Waals surface area contributed by atoms with Crippen LogP contribution >= 0.6 is 12.6 Å². The second kappa shape index (κ2) is 3.17. The van der Waals surface area contributed by atoms with Gasteiger partial charge in [0.15, 0.2) is 5.78 Å². The predicted octanol–water partition coefficient (Wildman–Crippen LogP) is 2.97. The number of nitrogens with one attached hydrogen (secondary N) is 1. The van der Waals surface area contributed by atoms with Crippen molar-refractivity contribution in [3.63, 3.8) is 0 Å². The van der Waals surface area contributed by atoms with E-state index in [1.165, 1.54) is 12.5 Å². The Morgan fingerprint density at radius 3 is 2.79 bits per heavy atom. The molecule has 2 aromatic rings. The van der Waals surface area contributed by atoms with Crippen molar-refractivity contribution in [2.75, 3.05) is 0 Å². The second-order valence-electron chi connectivity index (χ2n) is 3.45. The highest BCUT2D eigenvalue weighted by molar-refractivity contribution is 7.80. The summed E-state index contributed by atoms with van der Waals surface area (Å²) in [5, 5.41) is 1.01. The Bertz CT molecular complexity index is 513. The topological polar surface area (TPSA) is 32.9 Å². The smallest absolute Gasteiger partial charge is 0.177 e. The van der Waals surface area contributed by atoms with Crippen LogP contribution in [0.3, 0.4) is 0 Å². The molecule has 3 heteroatoms. The van der Waals surface area contributed by atoms with Crippen molar-refractivity contribution in [3.05, 3.63) is 29.5 Å². The molecule has 1 aromatic carbocycles. The molecule has 0 spiro atoms. The zero-order valence-electron chi connectivity index (χ0n) is 8.09. The first-order valence-electron chi connectivity index (χ1n) is 4.42. The summed E-state index contributed by atoms with van der Waals surface area (Å²) < 4.78 is 0. The number of aromatic nitrogens is 1. The van der Waals surface area contributed by atoms with E-state index in [4.69, 9.17) is 0 Å². The summed E-state index contributed by atoms with van der Waals surface area (Å²) in [5.74, 6) is 0.0175. The van der Waals surface area contributed by atoms with E-state index in [0.29, 0.717) is 5.69 Å². The molecule has 1 heterocycles. The summed E-state index contributed by atoms with van der Waals surface area (Å²) in [6.07, 6.45) is 0. The van der Waals surface area contributed by atoms with Gasteiger partial charge in [-0.2, -0.15) is 0 Å². The van der Waals surface area contributed by atoms with Gasteiger partial charge in [-0.1, -0.05) is 11.6 Å². The van der Waals surface area contributed by atoms with E-state index in [0.717, 1.165) is 15.8 Å². The van der Waals surface area contributed by atoms with Crippen molar-refractivity contribution in [2.45, 2.75) is 18.7 Å². The van der Waals surface area contributed by atoms with E-state index in [9.17, 15) is 4.79 Å². The van der Waals surface area contributed by atoms with Gasteiger partial charge in [0.25, 0.3) is 0 Å². The maximum Gasteiger partial charge on any atom is 0.177 e. The molecule has 0 atom stereocenters. The summed E-state index contributed by atoms with van der Waals surface area (Å²) in [7, 11) is 0. The summed E-state index contributed by atoms with van der Waals surface area (Å²) in [6, 6.07) is 6.01. The predicted molar refractivity (Wildman–Crippen MR) is 60.3 cm³/mol. The summed E-state index contributed by atoms with van der Waals surface area (Å²) >= 11 is 4.35. The fraction of sp³-hybridized carbons (Fsp3) is 0.182. The first-order chi connectivity index (χ1) is 6.59. The number of carbonyl (C=O) groups is 1. The van der Waals surface area contributed by atoms with Crippen molar-refractivity contribution < 1.29 is 4.79 Å². The number of H-pyrrole nitrogens is 1. The Balaban J connectivity index is 2.80. The number of thiol groups is 1. The van der Waals surface area contributed by atoms with Crippen LogP contribution in [0.25, 0.3) is 10.9 Å². The fourth-order valence-electron chi connectivity index (χ4n) is 1.55. The van der Waals surface area contributed by atoms with Crippen molar-refractivity contribution in [2.24, 2.45) is 0 Å². The SMILES string of the molecule is CC(=O)c1[nH]c2ccc(C)cc2c1S. The zero-order valence-corrected chi connectivity index (χ0v) is 8.98. The van der Waals surface area contributed by atoms with Gasteiger partial charge in [0.2, 0.25) is 0 Å². The third-order valence-corrected chi connectivity index (χ3v) is 2.74. The average molecular weight is 205 g/mol. The number of carbonyl (C=O) groups excluding carboxylic acids is 1. The van der Waals surface area contributed by atoms with Crippen molar-refractivity contribution in [3.8, 4) is 0 Å². The van der Waals surface area contributed by atoms with Gasteiger partial charge in [0, 0.05) is 22.7 Å². The number of Topliss-reactive ketones (excluding diaryl/α,β-unsaturated/α-hetero) is 1. The minimum absolute atomic E-state index is 0.0175. The second-order valence-corrected chi connectivity index (χ2v) is 3.90. The third kappa shape index (κ3) is 1.34. The quantitative estimate of drug-likeness (QED) is 0.544. The molecule has 1 N–H and O–H groups in total. The van der Waals surface area contributed by atoms with E-state index in [2.05, 4.69) is 17.6 Å². The molecule has 72 valence electrons. The molecule has 0 saturated carbocycles. The average Bonchev–Trinajstić information content (AvgIpc) is 2.44. The third-order valence-electron chi connectivity index (χ3n) is 2.28. The highest BCUT2D eigenvalue weighted by atomic mass is 32.1. The van der Waals surface area contributed by atoms with Crippen LogP contribution in [0.2, 0.25) is 0 Å². The molecule has 1 aromatic heterocycles. The van der Waals surface area contributed by atoms with Gasteiger partial charge in [-0.05, 0) is 19.1 Å². The van der Waals surface area contributed by atoms with Gasteiger partial charge in [-0.15, -0.1) is 12.6 Å². The van der Waals surface area contributed by atoms with Gasteiger partial charge < -0.3 is 4.98 Å². The zero-order chi connectivity index (χ0) is 10.3. The van der Waals surface area contributed by atoms with Gasteiger partial charge in [0.1, 0.15) is 0 Å². The molecule has 0 bridgehead atoms. The maximum absolute atomic E-state index is 11.2. The Labute approximate surface area is 87.7 Å². The van der Waals surface area contributed by atoms with Crippen LogP contribution in [-0.2, 0) is 0 Å². The lowest BCUT2D eigenvalue weighted by molar-refractivity contribution is 0.101. The lowest BCUT2D eigenvalue weighted by Gasteiger charge is -1.93. The first-order valence-corrected chi connectivity index (χ1v) is 4.86. The van der Waals surface area contributed by atoms with Crippen LogP contribution < -0.4 is 0 Å². The molecule has 0 fully saturated rings. The molecule has 14 heavy (non-hydrogen) atoms. The number of hydrogen-bond donors (Lipinski definition) is 2. The lowest BCUT2D eigenvalue weighted by Crippen LogP contribution is -1.92. The molecule has 0 aliphatic heterocycles. The number of aromatic amines is 1. The molecule has 0 unspecified atom stereocenters.